The largest absolute Gasteiger partial charge is 0.350 e. The van der Waals surface area contributed by atoms with Gasteiger partial charge >= 0.3 is 0 Å². The van der Waals surface area contributed by atoms with Gasteiger partial charge in [0.2, 0.25) is 5.91 Å². The molecule has 0 spiro atoms. The number of pyridine rings is 1. The van der Waals surface area contributed by atoms with Crippen LogP contribution >= 0.6 is 0 Å². The zero-order chi connectivity index (χ0) is 17.7. The number of benzene rings is 1. The number of imidazole rings is 1. The summed E-state index contributed by atoms with van der Waals surface area (Å²) in [5.41, 5.74) is 3.38. The molecule has 1 fully saturated rings. The molecule has 1 aliphatic carbocycles. The Kier molecular flexibility index (Phi) is 3.38. The van der Waals surface area contributed by atoms with E-state index >= 15 is 0 Å². The van der Waals surface area contributed by atoms with Gasteiger partial charge in [0.05, 0.1) is 23.3 Å². The SMILES string of the molecule is O=C1CCn2c(C3CC3C(=O)NCc3ccccn3)nc3cccc1c32. The van der Waals surface area contributed by atoms with Gasteiger partial charge in [-0.25, -0.2) is 4.98 Å². The molecule has 1 aliphatic heterocycles. The smallest absolute Gasteiger partial charge is 0.224 e. The number of hydrogen-bond donors (Lipinski definition) is 1. The molecule has 0 bridgehead atoms. The molecule has 3 aromatic rings. The summed E-state index contributed by atoms with van der Waals surface area (Å²) in [6.45, 7) is 1.10. The maximum Gasteiger partial charge on any atom is 0.224 e. The molecule has 130 valence electrons. The summed E-state index contributed by atoms with van der Waals surface area (Å²) in [4.78, 5) is 33.6. The van der Waals surface area contributed by atoms with Gasteiger partial charge in [-0.15, -0.1) is 0 Å². The highest BCUT2D eigenvalue weighted by Gasteiger charge is 2.47. The van der Waals surface area contributed by atoms with Gasteiger partial charge in [-0.3, -0.25) is 14.6 Å². The van der Waals surface area contributed by atoms with Gasteiger partial charge < -0.3 is 9.88 Å². The standard InChI is InChI=1S/C20H18N4O2/c25-17-7-9-24-18-13(17)5-3-6-16(18)23-19(24)14-10-15(14)20(26)22-11-12-4-1-2-8-21-12/h1-6,8,14-15H,7,9-11H2,(H,22,26). The summed E-state index contributed by atoms with van der Waals surface area (Å²) in [6.07, 6.45) is 3.03. The second kappa shape index (κ2) is 5.76. The van der Waals surface area contributed by atoms with E-state index in [4.69, 9.17) is 4.98 Å². The van der Waals surface area contributed by atoms with Crippen LogP contribution < -0.4 is 5.32 Å². The number of aryl methyl sites for hydroxylation is 1. The minimum atomic E-state index is -0.0483. The quantitative estimate of drug-likeness (QED) is 0.787. The lowest BCUT2D eigenvalue weighted by Crippen LogP contribution is -2.25. The Hall–Kier alpha value is -3.02. The zero-order valence-electron chi connectivity index (χ0n) is 14.2. The molecule has 1 aromatic carbocycles. The van der Waals surface area contributed by atoms with Crippen LogP contribution in [0.15, 0.2) is 42.6 Å². The minimum Gasteiger partial charge on any atom is -0.350 e. The lowest BCUT2D eigenvalue weighted by molar-refractivity contribution is -0.122. The number of Topliss-reactive ketones (excluding diaryl/α,β-unsaturated/α-hetero) is 1. The fraction of sp³-hybridized carbons (Fsp3) is 0.300. The molecule has 1 amide bonds. The summed E-state index contributed by atoms with van der Waals surface area (Å²) in [5, 5.41) is 2.97. The van der Waals surface area contributed by atoms with E-state index in [0.29, 0.717) is 19.5 Å². The van der Waals surface area contributed by atoms with Crippen LogP contribution in [0, 0.1) is 5.92 Å². The van der Waals surface area contributed by atoms with Gasteiger partial charge in [-0.05, 0) is 30.7 Å². The number of carbonyl (C=O) groups is 2. The van der Waals surface area contributed by atoms with Crippen molar-refractivity contribution >= 4 is 22.7 Å². The molecule has 26 heavy (non-hydrogen) atoms. The van der Waals surface area contributed by atoms with Crippen LogP contribution in [0.1, 0.15) is 40.6 Å². The Labute approximate surface area is 150 Å². The van der Waals surface area contributed by atoms with Crippen molar-refractivity contribution in [2.24, 2.45) is 5.92 Å². The molecule has 2 atom stereocenters. The Morgan fingerprint density at radius 2 is 2.15 bits per heavy atom. The molecule has 0 saturated heterocycles. The van der Waals surface area contributed by atoms with Crippen molar-refractivity contribution in [3.8, 4) is 0 Å². The number of amides is 1. The van der Waals surface area contributed by atoms with Gasteiger partial charge in [-0.2, -0.15) is 0 Å². The lowest BCUT2D eigenvalue weighted by Gasteiger charge is -2.15. The first kappa shape index (κ1) is 15.3. The highest BCUT2D eigenvalue weighted by atomic mass is 16.2. The summed E-state index contributed by atoms with van der Waals surface area (Å²) in [5.74, 6) is 1.25. The molecule has 3 heterocycles. The molecule has 1 saturated carbocycles. The Balaban J connectivity index is 1.36. The number of carbonyl (C=O) groups excluding carboxylic acids is 2. The molecule has 5 rings (SSSR count). The van der Waals surface area contributed by atoms with Crippen LogP contribution in [-0.2, 0) is 17.9 Å². The number of para-hydroxylation sites is 1. The molecule has 6 heteroatoms. The van der Waals surface area contributed by atoms with Crippen molar-refractivity contribution in [1.82, 2.24) is 19.9 Å². The number of nitrogens with one attached hydrogen (secondary N) is 1. The Morgan fingerprint density at radius 1 is 1.23 bits per heavy atom. The number of ketones is 1. The van der Waals surface area contributed by atoms with Crippen LogP contribution in [0.25, 0.3) is 11.0 Å². The van der Waals surface area contributed by atoms with E-state index in [1.54, 1.807) is 6.20 Å². The molecule has 1 N–H and O–H groups in total. The van der Waals surface area contributed by atoms with Gasteiger partial charge in [0.15, 0.2) is 5.78 Å². The van der Waals surface area contributed by atoms with E-state index in [1.165, 1.54) is 0 Å². The highest BCUT2D eigenvalue weighted by Crippen LogP contribution is 2.48. The van der Waals surface area contributed by atoms with Crippen LogP contribution in [0.5, 0.6) is 0 Å². The van der Waals surface area contributed by atoms with Crippen LogP contribution in [0.2, 0.25) is 0 Å². The first-order valence-corrected chi connectivity index (χ1v) is 8.92. The third-order valence-electron chi connectivity index (χ3n) is 5.29. The average molecular weight is 346 g/mol. The van der Waals surface area contributed by atoms with Crippen molar-refractivity contribution in [2.75, 3.05) is 0 Å². The van der Waals surface area contributed by atoms with Crippen LogP contribution in [0.3, 0.4) is 0 Å². The van der Waals surface area contributed by atoms with Crippen molar-refractivity contribution in [3.05, 3.63) is 59.7 Å². The highest BCUT2D eigenvalue weighted by molar-refractivity contribution is 6.07. The monoisotopic (exact) mass is 346 g/mol. The van der Waals surface area contributed by atoms with Gasteiger partial charge in [0.1, 0.15) is 5.82 Å². The summed E-state index contributed by atoms with van der Waals surface area (Å²) >= 11 is 0. The van der Waals surface area contributed by atoms with Gasteiger partial charge in [0, 0.05) is 36.6 Å². The minimum absolute atomic E-state index is 0.0483. The topological polar surface area (TPSA) is 76.9 Å². The first-order valence-electron chi connectivity index (χ1n) is 8.92. The second-order valence-electron chi connectivity index (χ2n) is 6.96. The maximum atomic E-state index is 12.5. The third kappa shape index (κ3) is 2.41. The maximum absolute atomic E-state index is 12.5. The summed E-state index contributed by atoms with van der Waals surface area (Å²) in [7, 11) is 0. The fourth-order valence-corrected chi connectivity index (χ4v) is 3.87. The Morgan fingerprint density at radius 3 is 3.00 bits per heavy atom. The lowest BCUT2D eigenvalue weighted by atomic mass is 10.0. The third-order valence-corrected chi connectivity index (χ3v) is 5.29. The van der Waals surface area contributed by atoms with Crippen LogP contribution in [0.4, 0.5) is 0 Å². The molecule has 2 unspecified atom stereocenters. The molecule has 6 nitrogen and oxygen atoms in total. The van der Waals surface area contributed by atoms with Gasteiger partial charge in [-0.1, -0.05) is 12.1 Å². The molecular formula is C20H18N4O2. The van der Waals surface area contributed by atoms with E-state index in [9.17, 15) is 9.59 Å². The van der Waals surface area contributed by atoms with E-state index in [2.05, 4.69) is 14.9 Å². The van der Waals surface area contributed by atoms with Crippen molar-refractivity contribution in [3.63, 3.8) is 0 Å². The van der Waals surface area contributed by atoms with Crippen molar-refractivity contribution < 1.29 is 9.59 Å². The van der Waals surface area contributed by atoms with E-state index < -0.39 is 0 Å². The van der Waals surface area contributed by atoms with Crippen molar-refractivity contribution in [1.29, 1.82) is 0 Å². The predicted octanol–water partition coefficient (Wildman–Crippen LogP) is 2.44. The van der Waals surface area contributed by atoms with E-state index in [1.807, 2.05) is 36.4 Å². The number of nitrogens with zero attached hydrogens (tertiary/aromatic N) is 3. The van der Waals surface area contributed by atoms with Gasteiger partial charge in [0.25, 0.3) is 0 Å². The number of aromatic nitrogens is 3. The first-order chi connectivity index (χ1) is 12.7. The average Bonchev–Trinajstić information content (AvgIpc) is 3.39. The summed E-state index contributed by atoms with van der Waals surface area (Å²) < 4.78 is 2.14. The van der Waals surface area contributed by atoms with Crippen molar-refractivity contribution in [2.45, 2.75) is 31.8 Å². The van der Waals surface area contributed by atoms with Crippen LogP contribution in [-0.4, -0.2) is 26.2 Å². The van der Waals surface area contributed by atoms with E-state index in [-0.39, 0.29) is 23.5 Å². The molecule has 2 aromatic heterocycles. The Bertz CT molecular complexity index is 1020. The second-order valence-corrected chi connectivity index (χ2v) is 6.96. The fourth-order valence-electron chi connectivity index (χ4n) is 3.87. The summed E-state index contributed by atoms with van der Waals surface area (Å²) in [6, 6.07) is 11.4. The predicted molar refractivity (Wildman–Crippen MR) is 95.6 cm³/mol. The number of rotatable bonds is 4. The van der Waals surface area contributed by atoms with E-state index in [0.717, 1.165) is 34.5 Å². The molecule has 2 aliphatic rings. The molecular weight excluding hydrogens is 328 g/mol. The zero-order valence-corrected chi connectivity index (χ0v) is 14.2. The number of hydrogen-bond acceptors (Lipinski definition) is 4. The normalized spacial score (nSPS) is 21.0. The molecule has 0 radical (unpaired) electrons.